The van der Waals surface area contributed by atoms with Crippen molar-refractivity contribution in [1.29, 1.82) is 0 Å². The summed E-state index contributed by atoms with van der Waals surface area (Å²) in [5.41, 5.74) is 0.769. The van der Waals surface area contributed by atoms with E-state index in [0.29, 0.717) is 45.7 Å². The van der Waals surface area contributed by atoms with Gasteiger partial charge in [-0.05, 0) is 69.3 Å². The Kier molecular flexibility index (Phi) is 6.76. The van der Waals surface area contributed by atoms with Crippen molar-refractivity contribution in [2.75, 3.05) is 50.1 Å². The van der Waals surface area contributed by atoms with E-state index in [9.17, 15) is 14.7 Å². The van der Waals surface area contributed by atoms with Crippen molar-refractivity contribution < 1.29 is 14.6 Å². The molecule has 3 fully saturated rings. The van der Waals surface area contributed by atoms with Crippen LogP contribution in [0.15, 0.2) is 59.8 Å². The monoisotopic (exact) mass is 620 g/mol. The van der Waals surface area contributed by atoms with Crippen LogP contribution in [0.1, 0.15) is 23.2 Å². The zero-order valence-electron chi connectivity index (χ0n) is 23.7. The third kappa shape index (κ3) is 4.68. The molecule has 10 nitrogen and oxygen atoms in total. The lowest BCUT2D eigenvalue weighted by Gasteiger charge is -2.43. The number of anilines is 2. The fourth-order valence-electron chi connectivity index (χ4n) is 6.45. The summed E-state index contributed by atoms with van der Waals surface area (Å²) in [5.74, 6) is 0.373. The summed E-state index contributed by atoms with van der Waals surface area (Å²) >= 11 is 13.1. The highest BCUT2D eigenvalue weighted by atomic mass is 35.5. The predicted octanol–water partition coefficient (Wildman–Crippen LogP) is 4.58. The van der Waals surface area contributed by atoms with E-state index >= 15 is 0 Å². The van der Waals surface area contributed by atoms with E-state index in [1.54, 1.807) is 35.2 Å². The molecule has 3 aliphatic rings. The van der Waals surface area contributed by atoms with Gasteiger partial charge < -0.3 is 29.1 Å². The molecule has 222 valence electrons. The Morgan fingerprint density at radius 2 is 1.98 bits per heavy atom. The number of benzene rings is 1. The zero-order chi connectivity index (χ0) is 30.0. The van der Waals surface area contributed by atoms with Gasteiger partial charge in [-0.3, -0.25) is 4.79 Å². The Labute approximate surface area is 258 Å². The minimum Gasteiger partial charge on any atom is -0.477 e. The summed E-state index contributed by atoms with van der Waals surface area (Å²) in [4.78, 5) is 41.0. The molecule has 12 heteroatoms. The van der Waals surface area contributed by atoms with Crippen molar-refractivity contribution in [2.24, 2.45) is 5.92 Å². The molecule has 0 radical (unpaired) electrons. The van der Waals surface area contributed by atoms with Crippen LogP contribution in [0.3, 0.4) is 0 Å². The van der Waals surface area contributed by atoms with E-state index in [1.807, 2.05) is 18.2 Å². The predicted molar refractivity (Wildman–Crippen MR) is 167 cm³/mol. The molecule has 1 aromatic carbocycles. The van der Waals surface area contributed by atoms with Crippen molar-refractivity contribution >= 4 is 51.6 Å². The van der Waals surface area contributed by atoms with E-state index < -0.39 is 11.4 Å². The number of likely N-dealkylation sites (N-methyl/N-ethyl adjacent to an activating group) is 1. The molecule has 7 rings (SSSR count). The van der Waals surface area contributed by atoms with Gasteiger partial charge in [0.15, 0.2) is 0 Å². The second-order valence-electron chi connectivity index (χ2n) is 11.8. The third-order valence-electron chi connectivity index (χ3n) is 9.14. The van der Waals surface area contributed by atoms with Gasteiger partial charge in [0.25, 0.3) is 0 Å². The number of piperidine rings is 1. The molecule has 1 N–H and O–H groups in total. The van der Waals surface area contributed by atoms with E-state index in [1.165, 1.54) is 6.20 Å². The second kappa shape index (κ2) is 10.4. The number of aromatic nitrogens is 3. The first-order valence-electron chi connectivity index (χ1n) is 14.2. The lowest BCUT2D eigenvalue weighted by atomic mass is 10.1. The minimum atomic E-state index is -1.30. The third-order valence-corrected chi connectivity index (χ3v) is 9.73. The molecule has 1 saturated carbocycles. The lowest BCUT2D eigenvalue weighted by molar-refractivity contribution is 0.0695. The normalized spacial score (nSPS) is 21.3. The Bertz CT molecular complexity index is 1810. The smallest absolute Gasteiger partial charge is 0.341 e. The van der Waals surface area contributed by atoms with Crippen LogP contribution in [0.5, 0.6) is 5.88 Å². The minimum absolute atomic E-state index is 0.228. The van der Waals surface area contributed by atoms with Crippen LogP contribution < -0.4 is 20.0 Å². The van der Waals surface area contributed by atoms with Crippen LogP contribution in [0.4, 0.5) is 11.5 Å². The maximum absolute atomic E-state index is 13.3. The van der Waals surface area contributed by atoms with Gasteiger partial charge in [0.05, 0.1) is 33.6 Å². The molecule has 2 aliphatic heterocycles. The van der Waals surface area contributed by atoms with Gasteiger partial charge >= 0.3 is 5.97 Å². The Balaban J connectivity index is 1.27. The highest BCUT2D eigenvalue weighted by Crippen LogP contribution is 2.58. The first-order chi connectivity index (χ1) is 20.7. The van der Waals surface area contributed by atoms with Crippen LogP contribution >= 0.6 is 23.2 Å². The fraction of sp³-hybridized carbons (Fsp3) is 0.355. The molecule has 2 saturated heterocycles. The number of hydrogen-bond donors (Lipinski definition) is 1. The molecule has 43 heavy (non-hydrogen) atoms. The molecule has 1 aliphatic carbocycles. The van der Waals surface area contributed by atoms with Crippen molar-refractivity contribution in [2.45, 2.75) is 24.4 Å². The number of carboxylic acids is 1. The van der Waals surface area contributed by atoms with Gasteiger partial charge in [-0.2, -0.15) is 0 Å². The van der Waals surface area contributed by atoms with Crippen LogP contribution in [0.25, 0.3) is 16.6 Å². The maximum Gasteiger partial charge on any atom is 0.341 e. The zero-order valence-corrected chi connectivity index (χ0v) is 25.2. The molecular formula is C31H30Cl2N6O4. The number of rotatable bonds is 8. The number of nitrogens with zero attached hydrogens (tertiary/aromatic N) is 6. The van der Waals surface area contributed by atoms with Gasteiger partial charge in [0.1, 0.15) is 23.0 Å². The number of pyridine rings is 3. The molecule has 0 amide bonds. The van der Waals surface area contributed by atoms with Crippen LogP contribution in [0.2, 0.25) is 10.0 Å². The molecule has 0 bridgehead atoms. The average Bonchev–Trinajstić information content (AvgIpc) is 3.55. The number of fused-ring (bicyclic) bond motifs is 2. The fourth-order valence-corrected chi connectivity index (χ4v) is 6.89. The molecule has 2 unspecified atom stereocenters. The number of halogens is 2. The Morgan fingerprint density at radius 3 is 2.65 bits per heavy atom. The number of ether oxygens (including phenoxy) is 1. The lowest BCUT2D eigenvalue weighted by Crippen LogP contribution is -2.57. The highest BCUT2D eigenvalue weighted by Gasteiger charge is 2.63. The summed E-state index contributed by atoms with van der Waals surface area (Å²) in [6, 6.07) is 11.3. The highest BCUT2D eigenvalue weighted by molar-refractivity contribution is 6.34. The average molecular weight is 622 g/mol. The standard InChI is InChI=1S/C31H30Cl2N6O4/c1-36(2)20-14-37(15-20)27-6-5-19(13-35-27)38-16-22(30(41)42)28(40)21-10-24(33)26(11-25(21)38)39-9-7-18-12-31(18,39)17-43-29-23(32)4-3-8-34-29/h3-6,8,10-11,13,16,18,20H,7,9,12,14-15,17H2,1-2H3,(H,41,42). The number of aromatic carboxylic acids is 1. The molecule has 5 heterocycles. The number of carbonyl (C=O) groups is 1. The summed E-state index contributed by atoms with van der Waals surface area (Å²) in [6.45, 7) is 2.94. The molecular weight excluding hydrogens is 591 g/mol. The topological polar surface area (TPSA) is 104 Å². The Morgan fingerprint density at radius 1 is 1.16 bits per heavy atom. The van der Waals surface area contributed by atoms with Gasteiger partial charge in [-0.15, -0.1) is 0 Å². The van der Waals surface area contributed by atoms with E-state index in [2.05, 4.69) is 38.8 Å². The molecule has 3 aromatic heterocycles. The van der Waals surface area contributed by atoms with Crippen molar-refractivity contribution in [3.63, 3.8) is 0 Å². The summed E-state index contributed by atoms with van der Waals surface area (Å²) in [5, 5.41) is 10.9. The van der Waals surface area contributed by atoms with Gasteiger partial charge in [0.2, 0.25) is 11.3 Å². The largest absolute Gasteiger partial charge is 0.477 e. The summed E-state index contributed by atoms with van der Waals surface area (Å²) in [7, 11) is 4.13. The van der Waals surface area contributed by atoms with Crippen molar-refractivity contribution in [1.82, 2.24) is 19.4 Å². The van der Waals surface area contributed by atoms with Gasteiger partial charge in [-0.1, -0.05) is 23.2 Å². The summed E-state index contributed by atoms with van der Waals surface area (Å²) < 4.78 is 7.81. The quantitative estimate of drug-likeness (QED) is 0.303. The van der Waals surface area contributed by atoms with E-state index in [-0.39, 0.29) is 16.5 Å². The SMILES string of the molecule is CN(C)C1CN(c2ccc(-n3cc(C(=O)O)c(=O)c4cc(Cl)c(N5CCC6CC65COc5ncccc5Cl)cc43)cn2)C1. The summed E-state index contributed by atoms with van der Waals surface area (Å²) in [6.07, 6.45) is 6.65. The van der Waals surface area contributed by atoms with Crippen molar-refractivity contribution in [3.8, 4) is 11.6 Å². The molecule has 4 aromatic rings. The van der Waals surface area contributed by atoms with Crippen LogP contribution in [0, 0.1) is 5.92 Å². The number of hydrogen-bond acceptors (Lipinski definition) is 8. The second-order valence-corrected chi connectivity index (χ2v) is 12.6. The van der Waals surface area contributed by atoms with Crippen molar-refractivity contribution in [3.05, 3.63) is 80.8 Å². The van der Waals surface area contributed by atoms with Crippen LogP contribution in [-0.2, 0) is 0 Å². The van der Waals surface area contributed by atoms with E-state index in [0.717, 1.165) is 44.0 Å². The first kappa shape index (κ1) is 27.9. The van der Waals surface area contributed by atoms with E-state index in [4.69, 9.17) is 27.9 Å². The Hall–Kier alpha value is -3.86. The molecule has 2 atom stereocenters. The first-order valence-corrected chi connectivity index (χ1v) is 14.9. The van der Waals surface area contributed by atoms with Crippen LogP contribution in [-0.4, -0.2) is 82.4 Å². The van der Waals surface area contributed by atoms with Gasteiger partial charge in [-0.25, -0.2) is 14.8 Å². The number of carboxylic acid groups (broad SMARTS) is 1. The van der Waals surface area contributed by atoms with Gasteiger partial charge in [0, 0.05) is 43.5 Å². The molecule has 0 spiro atoms. The maximum atomic E-state index is 13.3.